The molecule has 4 fully saturated rings. The molecule has 5 nitrogen and oxygen atoms in total. The van der Waals surface area contributed by atoms with E-state index in [0.29, 0.717) is 13.0 Å². The molecule has 3 heterocycles. The first-order chi connectivity index (χ1) is 6.96. The molecule has 0 amide bonds. The number of aliphatic hydroxyl groups is 2. The highest BCUT2D eigenvalue weighted by Crippen LogP contribution is 2.63. The minimum Gasteiger partial charge on any atom is -0.365 e. The number of ether oxygens (including phenoxy) is 3. The van der Waals surface area contributed by atoms with E-state index < -0.39 is 23.5 Å². The number of rotatable bonds is 0. The summed E-state index contributed by atoms with van der Waals surface area (Å²) in [6, 6.07) is 0. The molecule has 0 aromatic heterocycles. The summed E-state index contributed by atoms with van der Waals surface area (Å²) in [5.74, 6) is -2.36. The Morgan fingerprint density at radius 1 is 1.27 bits per heavy atom. The highest BCUT2D eigenvalue weighted by molar-refractivity contribution is 5.14. The molecule has 4 aliphatic rings. The molecule has 2 N–H and O–H groups in total. The summed E-state index contributed by atoms with van der Waals surface area (Å²) in [6.45, 7) is 2.24. The van der Waals surface area contributed by atoms with Crippen LogP contribution in [0.4, 0.5) is 0 Å². The molecule has 1 saturated carbocycles. The summed E-state index contributed by atoms with van der Waals surface area (Å²) in [5.41, 5.74) is -0.835. The van der Waals surface area contributed by atoms with E-state index in [1.54, 1.807) is 6.92 Å². The third-order valence-electron chi connectivity index (χ3n) is 4.57. The first-order valence-corrected chi connectivity index (χ1v) is 5.40. The lowest BCUT2D eigenvalue weighted by molar-refractivity contribution is -0.320. The molecule has 1 aliphatic carbocycles. The average molecular weight is 214 g/mol. The smallest absolute Gasteiger partial charge is 0.198 e. The van der Waals surface area contributed by atoms with Crippen molar-refractivity contribution >= 4 is 0 Å². The van der Waals surface area contributed by atoms with E-state index in [1.165, 1.54) is 0 Å². The normalized spacial score (nSPS) is 70.2. The second-order valence-electron chi connectivity index (χ2n) is 5.43. The zero-order valence-corrected chi connectivity index (χ0v) is 8.47. The number of hydrogen-bond acceptors (Lipinski definition) is 5. The van der Waals surface area contributed by atoms with E-state index in [0.717, 1.165) is 0 Å². The Labute approximate surface area is 86.9 Å². The lowest BCUT2D eigenvalue weighted by atomic mass is 9.68. The van der Waals surface area contributed by atoms with Crippen LogP contribution in [-0.2, 0) is 14.2 Å². The molecule has 84 valence electrons. The maximum Gasteiger partial charge on any atom is 0.198 e. The summed E-state index contributed by atoms with van der Waals surface area (Å²) in [4.78, 5) is 0. The lowest BCUT2D eigenvalue weighted by Gasteiger charge is -2.49. The van der Waals surface area contributed by atoms with Crippen molar-refractivity contribution in [3.63, 3.8) is 0 Å². The van der Waals surface area contributed by atoms with E-state index >= 15 is 0 Å². The van der Waals surface area contributed by atoms with Crippen LogP contribution in [0.1, 0.15) is 19.8 Å². The van der Waals surface area contributed by atoms with Crippen LogP contribution in [0.3, 0.4) is 0 Å². The molecule has 0 aromatic carbocycles. The maximum absolute atomic E-state index is 10.3. The second-order valence-corrected chi connectivity index (χ2v) is 5.43. The Hall–Kier alpha value is -0.200. The second kappa shape index (κ2) is 2.10. The summed E-state index contributed by atoms with van der Waals surface area (Å²) < 4.78 is 16.8. The molecule has 3 bridgehead atoms. The quantitative estimate of drug-likeness (QED) is 0.572. The molecular formula is C10H14O5. The topological polar surface area (TPSA) is 68.2 Å². The SMILES string of the molecule is C[C@]12C[C@]3(O)OC[C@H]4[C@H](O[C@]1(O)C[C@H]43)O2. The molecule has 6 atom stereocenters. The van der Waals surface area contributed by atoms with Crippen molar-refractivity contribution in [1.29, 1.82) is 0 Å². The van der Waals surface area contributed by atoms with Crippen LogP contribution in [0.15, 0.2) is 0 Å². The van der Waals surface area contributed by atoms with Gasteiger partial charge >= 0.3 is 0 Å². The van der Waals surface area contributed by atoms with Crippen molar-refractivity contribution in [2.45, 2.75) is 43.2 Å². The number of fused-ring (bicyclic) bond motifs is 2. The molecule has 4 rings (SSSR count). The van der Waals surface area contributed by atoms with E-state index in [-0.39, 0.29) is 18.3 Å². The van der Waals surface area contributed by atoms with E-state index in [9.17, 15) is 10.2 Å². The predicted molar refractivity (Wildman–Crippen MR) is 46.4 cm³/mol. The summed E-state index contributed by atoms with van der Waals surface area (Å²) in [5, 5.41) is 20.7. The molecule has 0 radical (unpaired) electrons. The van der Waals surface area contributed by atoms with E-state index in [4.69, 9.17) is 14.2 Å². The first-order valence-electron chi connectivity index (χ1n) is 5.40. The highest BCUT2D eigenvalue weighted by atomic mass is 16.8. The van der Waals surface area contributed by atoms with Gasteiger partial charge in [0.05, 0.1) is 6.61 Å². The van der Waals surface area contributed by atoms with Crippen molar-refractivity contribution in [1.82, 2.24) is 0 Å². The van der Waals surface area contributed by atoms with Crippen LogP contribution in [0.5, 0.6) is 0 Å². The fourth-order valence-corrected chi connectivity index (χ4v) is 3.65. The molecule has 0 spiro atoms. The van der Waals surface area contributed by atoms with Gasteiger partial charge in [0.1, 0.15) is 5.60 Å². The molecule has 3 saturated heterocycles. The van der Waals surface area contributed by atoms with Gasteiger partial charge in [0.25, 0.3) is 0 Å². The summed E-state index contributed by atoms with van der Waals surface area (Å²) in [6.07, 6.45) is 0.269. The van der Waals surface area contributed by atoms with Crippen LogP contribution in [0.2, 0.25) is 0 Å². The summed E-state index contributed by atoms with van der Waals surface area (Å²) in [7, 11) is 0. The van der Waals surface area contributed by atoms with Gasteiger partial charge in [-0.15, -0.1) is 0 Å². The third-order valence-corrected chi connectivity index (χ3v) is 4.57. The fourth-order valence-electron chi connectivity index (χ4n) is 3.65. The van der Waals surface area contributed by atoms with Crippen LogP contribution in [0, 0.1) is 11.8 Å². The molecular weight excluding hydrogens is 200 g/mol. The third kappa shape index (κ3) is 0.775. The van der Waals surface area contributed by atoms with Crippen LogP contribution in [0.25, 0.3) is 0 Å². The minimum absolute atomic E-state index is 0.0552. The van der Waals surface area contributed by atoms with Gasteiger partial charge < -0.3 is 24.4 Å². The largest absolute Gasteiger partial charge is 0.365 e. The van der Waals surface area contributed by atoms with Gasteiger partial charge in [-0.3, -0.25) is 0 Å². The molecule has 15 heavy (non-hydrogen) atoms. The van der Waals surface area contributed by atoms with Crippen molar-refractivity contribution in [3.8, 4) is 0 Å². The highest BCUT2D eigenvalue weighted by Gasteiger charge is 2.75. The zero-order chi connectivity index (χ0) is 10.5. The van der Waals surface area contributed by atoms with Crippen molar-refractivity contribution in [2.75, 3.05) is 6.61 Å². The standard InChI is InChI=1S/C10H14O5/c1-8-4-9(11)6-2-10(8,12)15-7(14-8)5(6)3-13-9/h5-7,11-12H,2-4H2,1H3/t5-,6-,7+,8+,9+,10-/m1/s1. The van der Waals surface area contributed by atoms with Crippen LogP contribution >= 0.6 is 0 Å². The monoisotopic (exact) mass is 214 g/mol. The Bertz CT molecular complexity index is 347. The van der Waals surface area contributed by atoms with Crippen molar-refractivity contribution in [2.24, 2.45) is 11.8 Å². The predicted octanol–water partition coefficient (Wildman–Crippen LogP) is -0.435. The van der Waals surface area contributed by atoms with Gasteiger partial charge in [0, 0.05) is 24.7 Å². The van der Waals surface area contributed by atoms with Crippen molar-refractivity contribution < 1.29 is 24.4 Å². The maximum atomic E-state index is 10.3. The van der Waals surface area contributed by atoms with Gasteiger partial charge in [0.2, 0.25) is 0 Å². The Morgan fingerprint density at radius 3 is 2.87 bits per heavy atom. The minimum atomic E-state index is -1.24. The first kappa shape index (κ1) is 8.90. The number of hydrogen-bond donors (Lipinski definition) is 2. The van der Waals surface area contributed by atoms with Gasteiger partial charge in [-0.05, 0) is 6.92 Å². The van der Waals surface area contributed by atoms with Gasteiger partial charge in [-0.25, -0.2) is 0 Å². The van der Waals surface area contributed by atoms with Crippen LogP contribution in [-0.4, -0.2) is 40.3 Å². The van der Waals surface area contributed by atoms with Gasteiger partial charge in [-0.1, -0.05) is 0 Å². The Kier molecular flexibility index (Phi) is 1.25. The zero-order valence-electron chi connectivity index (χ0n) is 8.47. The average Bonchev–Trinajstić information content (AvgIpc) is 2.49. The lowest BCUT2D eigenvalue weighted by Crippen LogP contribution is -2.63. The van der Waals surface area contributed by atoms with Gasteiger partial charge in [0.15, 0.2) is 17.9 Å². The van der Waals surface area contributed by atoms with E-state index in [1.807, 2.05) is 0 Å². The van der Waals surface area contributed by atoms with Crippen LogP contribution < -0.4 is 0 Å². The summed E-state index contributed by atoms with van der Waals surface area (Å²) >= 11 is 0. The van der Waals surface area contributed by atoms with E-state index in [2.05, 4.69) is 0 Å². The van der Waals surface area contributed by atoms with Crippen molar-refractivity contribution in [3.05, 3.63) is 0 Å². The Balaban J connectivity index is 1.91. The molecule has 0 unspecified atom stereocenters. The van der Waals surface area contributed by atoms with Gasteiger partial charge in [-0.2, -0.15) is 0 Å². The molecule has 0 aromatic rings. The fraction of sp³-hybridized carbons (Fsp3) is 1.00. The molecule has 3 aliphatic heterocycles. The molecule has 5 heteroatoms. The Morgan fingerprint density at radius 2 is 2.07 bits per heavy atom.